The van der Waals surface area contributed by atoms with Crippen molar-refractivity contribution < 1.29 is 30.1 Å². The van der Waals surface area contributed by atoms with E-state index in [4.69, 9.17) is 0 Å². The van der Waals surface area contributed by atoms with Crippen molar-refractivity contribution in [1.82, 2.24) is 4.90 Å². The molecule has 3 N–H and O–H groups in total. The van der Waals surface area contributed by atoms with E-state index >= 15 is 0 Å². The maximum atomic E-state index is 11.9. The number of hydrogen-bond acceptors (Lipinski definition) is 10. The van der Waals surface area contributed by atoms with E-state index in [1.165, 1.54) is 36.4 Å². The molecule has 0 aliphatic heterocycles. The lowest BCUT2D eigenvalue weighted by atomic mass is 9.84. The van der Waals surface area contributed by atoms with Crippen LogP contribution in [0.1, 0.15) is 95.7 Å². The Morgan fingerprint density at radius 3 is 0.891 bits per heavy atom. The molecule has 0 unspecified atom stereocenters. The second-order valence-corrected chi connectivity index (χ2v) is 14.7. The van der Waals surface area contributed by atoms with Crippen LogP contribution in [0.4, 0.5) is 17.1 Å². The van der Waals surface area contributed by atoms with Crippen LogP contribution in [0.2, 0.25) is 0 Å². The number of phenolic OH excluding ortho intramolecular Hbond substituents is 3. The molecule has 0 spiro atoms. The lowest BCUT2D eigenvalue weighted by Crippen LogP contribution is -2.25. The van der Waals surface area contributed by atoms with Crippen molar-refractivity contribution in [3.8, 4) is 17.2 Å². The maximum absolute atomic E-state index is 11.9. The summed E-state index contributed by atoms with van der Waals surface area (Å²) < 4.78 is 0. The quantitative estimate of drug-likeness (QED) is 0.155. The van der Waals surface area contributed by atoms with E-state index in [2.05, 4.69) is 0 Å². The van der Waals surface area contributed by atoms with Crippen molar-refractivity contribution >= 4 is 17.1 Å². The minimum atomic E-state index is -0.685. The summed E-state index contributed by atoms with van der Waals surface area (Å²) in [6, 6.07) is 7.56. The third-order valence-electron chi connectivity index (χ3n) is 7.76. The van der Waals surface area contributed by atoms with E-state index in [9.17, 15) is 45.7 Å². The molecule has 0 amide bonds. The molecule has 0 bridgehead atoms. The Labute approximate surface area is 267 Å². The molecule has 0 saturated carbocycles. The fraction of sp³-hybridized carbons (Fsp3) is 0.455. The summed E-state index contributed by atoms with van der Waals surface area (Å²) in [7, 11) is 0. The first-order chi connectivity index (χ1) is 20.9. The molecule has 0 saturated heterocycles. The lowest BCUT2D eigenvalue weighted by molar-refractivity contribution is -0.385. The Bertz CT molecular complexity index is 1500. The van der Waals surface area contributed by atoms with Gasteiger partial charge >= 0.3 is 0 Å². The summed E-state index contributed by atoms with van der Waals surface area (Å²) >= 11 is 0. The smallest absolute Gasteiger partial charge is 0.270 e. The summed E-state index contributed by atoms with van der Waals surface area (Å²) in [6.45, 7) is 15.6. The zero-order chi connectivity index (χ0) is 35.1. The highest BCUT2D eigenvalue weighted by Crippen LogP contribution is 2.42. The van der Waals surface area contributed by atoms with Crippen molar-refractivity contribution in [3.63, 3.8) is 0 Å². The van der Waals surface area contributed by atoms with Crippen LogP contribution >= 0.6 is 0 Å². The van der Waals surface area contributed by atoms with E-state index in [0.717, 1.165) is 0 Å². The van der Waals surface area contributed by atoms with Crippen LogP contribution in [0, 0.1) is 30.3 Å². The van der Waals surface area contributed by atoms with Gasteiger partial charge in [0.05, 0.1) is 14.8 Å². The molecule has 0 heterocycles. The molecule has 13 nitrogen and oxygen atoms in total. The molecule has 0 fully saturated rings. The van der Waals surface area contributed by atoms with Crippen molar-refractivity contribution in [1.29, 1.82) is 0 Å². The molecule has 3 aromatic carbocycles. The average Bonchev–Trinajstić information content (AvgIpc) is 2.89. The number of nitrogens with zero attached hydrogens (tertiary/aromatic N) is 4. The number of non-ortho nitro benzene ring substituents is 3. The van der Waals surface area contributed by atoms with Crippen LogP contribution in [0.3, 0.4) is 0 Å². The van der Waals surface area contributed by atoms with E-state index in [1.807, 2.05) is 0 Å². The Hall–Kier alpha value is -4.78. The third-order valence-corrected chi connectivity index (χ3v) is 7.76. The summed E-state index contributed by atoms with van der Waals surface area (Å²) in [5, 5.41) is 69.6. The van der Waals surface area contributed by atoms with Crippen LogP contribution in [0.25, 0.3) is 0 Å². The molecule has 3 aromatic rings. The third kappa shape index (κ3) is 7.89. The van der Waals surface area contributed by atoms with E-state index in [-0.39, 0.29) is 70.6 Å². The first-order valence-electron chi connectivity index (χ1n) is 14.7. The monoisotopic (exact) mass is 638 g/mol. The van der Waals surface area contributed by atoms with Crippen LogP contribution in [0.5, 0.6) is 17.2 Å². The number of benzene rings is 3. The molecule has 0 aliphatic rings. The molecule has 3 rings (SSSR count). The van der Waals surface area contributed by atoms with Crippen LogP contribution in [-0.4, -0.2) is 35.0 Å². The van der Waals surface area contributed by atoms with Crippen molar-refractivity contribution in [2.45, 2.75) is 98.2 Å². The molecule has 0 aliphatic carbocycles. The Morgan fingerprint density at radius 1 is 0.500 bits per heavy atom. The van der Waals surface area contributed by atoms with E-state index < -0.39 is 31.0 Å². The highest BCUT2D eigenvalue weighted by Gasteiger charge is 2.30. The van der Waals surface area contributed by atoms with Gasteiger partial charge in [0.2, 0.25) is 0 Å². The first-order valence-corrected chi connectivity index (χ1v) is 14.7. The Balaban J connectivity index is 2.31. The van der Waals surface area contributed by atoms with Crippen LogP contribution < -0.4 is 0 Å². The SMILES string of the molecule is CC(C)(C)c1cc([N+](=O)[O-])cc(CN(Cc2cc([N+](=O)[O-])cc(C(C)(C)C)c2O)Cc2cc([N+](=O)[O-])cc(C(C)(C)C)c2O)c1O. The normalized spacial score (nSPS) is 12.4. The summed E-state index contributed by atoms with van der Waals surface area (Å²) in [5.74, 6) is -0.582. The lowest BCUT2D eigenvalue weighted by Gasteiger charge is -2.28. The second kappa shape index (κ2) is 12.5. The molecule has 248 valence electrons. The maximum Gasteiger partial charge on any atom is 0.270 e. The summed E-state index contributed by atoms with van der Waals surface area (Å²) in [6.07, 6.45) is 0. The minimum absolute atomic E-state index is 0.154. The van der Waals surface area contributed by atoms with Gasteiger partial charge in [-0.15, -0.1) is 0 Å². The fourth-order valence-electron chi connectivity index (χ4n) is 5.32. The van der Waals surface area contributed by atoms with Gasteiger partial charge in [-0.3, -0.25) is 35.2 Å². The number of nitro groups is 3. The number of rotatable bonds is 9. The zero-order valence-electron chi connectivity index (χ0n) is 27.7. The number of aromatic hydroxyl groups is 3. The Morgan fingerprint density at radius 2 is 0.717 bits per heavy atom. The second-order valence-electron chi connectivity index (χ2n) is 14.7. The van der Waals surface area contributed by atoms with Crippen LogP contribution in [0.15, 0.2) is 36.4 Å². The average molecular weight is 639 g/mol. The van der Waals surface area contributed by atoms with Gasteiger partial charge in [-0.05, 0) is 16.2 Å². The molecule has 0 atom stereocenters. The van der Waals surface area contributed by atoms with Gasteiger partial charge in [-0.2, -0.15) is 0 Å². The molecular formula is C33H42N4O9. The molecule has 0 aromatic heterocycles. The number of nitro benzene ring substituents is 3. The number of hydrogen-bond donors (Lipinski definition) is 3. The molecule has 0 radical (unpaired) electrons. The minimum Gasteiger partial charge on any atom is -0.507 e. The summed E-state index contributed by atoms with van der Waals surface area (Å²) in [5.41, 5.74) is -1.43. The highest BCUT2D eigenvalue weighted by molar-refractivity contribution is 5.55. The molecule has 13 heteroatoms. The Kier molecular flexibility index (Phi) is 9.74. The van der Waals surface area contributed by atoms with Crippen LogP contribution in [-0.2, 0) is 35.9 Å². The van der Waals surface area contributed by atoms with Gasteiger partial charge in [-0.25, -0.2) is 0 Å². The molecule has 46 heavy (non-hydrogen) atoms. The predicted octanol–water partition coefficient (Wildman–Crippen LogP) is 7.62. The van der Waals surface area contributed by atoms with Gasteiger partial charge in [0.25, 0.3) is 17.1 Å². The van der Waals surface area contributed by atoms with Crippen molar-refractivity contribution in [3.05, 3.63) is 100 Å². The predicted molar refractivity (Wildman–Crippen MR) is 173 cm³/mol. The van der Waals surface area contributed by atoms with Gasteiger partial charge in [-0.1, -0.05) is 62.3 Å². The fourth-order valence-corrected chi connectivity index (χ4v) is 5.32. The topological polar surface area (TPSA) is 193 Å². The highest BCUT2D eigenvalue weighted by atomic mass is 16.6. The van der Waals surface area contributed by atoms with Crippen molar-refractivity contribution in [2.75, 3.05) is 0 Å². The standard InChI is InChI=1S/C33H42N4O9/c1-31(2,3)25-13-22(35(41)42)10-19(28(25)38)16-34(17-20-11-23(36(43)44)14-26(29(20)39)32(4,5)6)18-21-12-24(37(45)46)15-27(30(21)40)33(7,8)9/h10-15,38-40H,16-18H2,1-9H3. The molecular weight excluding hydrogens is 596 g/mol. The van der Waals surface area contributed by atoms with Gasteiger partial charge in [0, 0.05) is 89.4 Å². The van der Waals surface area contributed by atoms with Gasteiger partial charge < -0.3 is 15.3 Å². The van der Waals surface area contributed by atoms with Gasteiger partial charge in [0.1, 0.15) is 17.2 Å². The summed E-state index contributed by atoms with van der Waals surface area (Å²) in [4.78, 5) is 35.5. The zero-order valence-corrected chi connectivity index (χ0v) is 27.7. The largest absolute Gasteiger partial charge is 0.507 e. The number of phenols is 3. The van der Waals surface area contributed by atoms with E-state index in [1.54, 1.807) is 67.2 Å². The first kappa shape index (κ1) is 35.7. The van der Waals surface area contributed by atoms with Crippen molar-refractivity contribution in [2.24, 2.45) is 0 Å². The van der Waals surface area contributed by atoms with Gasteiger partial charge in [0.15, 0.2) is 0 Å². The van der Waals surface area contributed by atoms with E-state index in [0.29, 0.717) is 16.7 Å².